The molecule has 1 unspecified atom stereocenters. The summed E-state index contributed by atoms with van der Waals surface area (Å²) in [6.45, 7) is 7.41. The fraction of sp³-hybridized carbons (Fsp3) is 0.235. The SMILES string of the molecule is [C-]#[N+]C(CCSC)P(=O)(Oc1ccccc1)Oc1ccccc1. The topological polar surface area (TPSA) is 39.9 Å². The van der Waals surface area contributed by atoms with Crippen molar-refractivity contribution >= 4 is 19.4 Å². The summed E-state index contributed by atoms with van der Waals surface area (Å²) in [4.78, 5) is 3.51. The molecule has 2 aromatic rings. The van der Waals surface area contributed by atoms with Gasteiger partial charge in [-0.3, -0.25) is 4.85 Å². The molecule has 0 spiro atoms. The number of hydrogen-bond acceptors (Lipinski definition) is 4. The standard InChI is InChI=1S/C17H18NO3PS/c1-18-17(13-14-23-2)22(19,20-15-9-5-3-6-10-15)21-16-11-7-4-8-12-16/h3-12,17H,13-14H2,2H3. The summed E-state index contributed by atoms with van der Waals surface area (Å²) in [6.07, 6.45) is 2.39. The molecule has 0 N–H and O–H groups in total. The van der Waals surface area contributed by atoms with E-state index in [-0.39, 0.29) is 0 Å². The quantitative estimate of drug-likeness (QED) is 0.477. The van der Waals surface area contributed by atoms with Crippen LogP contribution in [0.25, 0.3) is 4.85 Å². The monoisotopic (exact) mass is 347 g/mol. The van der Waals surface area contributed by atoms with E-state index in [2.05, 4.69) is 4.85 Å². The van der Waals surface area contributed by atoms with Crippen molar-refractivity contribution in [1.29, 1.82) is 0 Å². The van der Waals surface area contributed by atoms with Gasteiger partial charge in [-0.25, -0.2) is 11.1 Å². The molecule has 0 radical (unpaired) electrons. The minimum absolute atomic E-state index is 0.435. The van der Waals surface area contributed by atoms with Crippen LogP contribution in [0.1, 0.15) is 6.42 Å². The van der Waals surface area contributed by atoms with Gasteiger partial charge in [-0.15, -0.1) is 0 Å². The first-order valence-electron chi connectivity index (χ1n) is 7.12. The Bertz CT molecular complexity index is 642. The van der Waals surface area contributed by atoms with Crippen LogP contribution in [-0.4, -0.2) is 17.8 Å². The van der Waals surface area contributed by atoms with Crippen molar-refractivity contribution in [3.8, 4) is 11.5 Å². The molecule has 0 saturated carbocycles. The van der Waals surface area contributed by atoms with Crippen molar-refractivity contribution in [2.24, 2.45) is 0 Å². The third-order valence-electron chi connectivity index (χ3n) is 3.05. The highest BCUT2D eigenvalue weighted by Gasteiger charge is 2.44. The molecule has 1 atom stereocenters. The van der Waals surface area contributed by atoms with Crippen LogP contribution < -0.4 is 9.05 Å². The molecule has 0 aliphatic heterocycles. The molecule has 2 rings (SSSR count). The molecule has 0 bridgehead atoms. The lowest BCUT2D eigenvalue weighted by Gasteiger charge is -2.20. The molecule has 120 valence electrons. The smallest absolute Gasteiger partial charge is 0.411 e. The molecular weight excluding hydrogens is 329 g/mol. The minimum Gasteiger partial charge on any atom is -0.411 e. The van der Waals surface area contributed by atoms with E-state index in [0.29, 0.717) is 23.7 Å². The summed E-state index contributed by atoms with van der Waals surface area (Å²) in [5.74, 6) is 0.748. The fourth-order valence-corrected chi connectivity index (χ4v) is 4.25. The van der Waals surface area contributed by atoms with Gasteiger partial charge in [-0.2, -0.15) is 11.8 Å². The summed E-state index contributed by atoms with van der Waals surface area (Å²) < 4.78 is 24.7. The number of nitrogens with zero attached hydrogens (tertiary/aromatic N) is 1. The molecule has 23 heavy (non-hydrogen) atoms. The van der Waals surface area contributed by atoms with Crippen molar-refractivity contribution in [1.82, 2.24) is 0 Å². The van der Waals surface area contributed by atoms with Crippen molar-refractivity contribution in [2.45, 2.75) is 12.2 Å². The Morgan fingerprint density at radius 2 is 1.52 bits per heavy atom. The van der Waals surface area contributed by atoms with Crippen LogP contribution >= 0.6 is 19.4 Å². The van der Waals surface area contributed by atoms with Gasteiger partial charge in [0.05, 0.1) is 0 Å². The van der Waals surface area contributed by atoms with E-state index in [1.807, 2.05) is 18.4 Å². The second-order valence-corrected chi connectivity index (χ2v) is 7.77. The Kier molecular flexibility index (Phi) is 6.58. The maximum Gasteiger partial charge on any atom is 0.512 e. The van der Waals surface area contributed by atoms with Gasteiger partial charge >= 0.3 is 13.4 Å². The van der Waals surface area contributed by atoms with Gasteiger partial charge in [0, 0.05) is 12.2 Å². The molecule has 6 heteroatoms. The zero-order chi connectivity index (χ0) is 16.5. The summed E-state index contributed by atoms with van der Waals surface area (Å²) in [5.41, 5.74) is 0. The zero-order valence-electron chi connectivity index (χ0n) is 12.8. The van der Waals surface area contributed by atoms with Crippen molar-refractivity contribution in [2.75, 3.05) is 12.0 Å². The van der Waals surface area contributed by atoms with Crippen LogP contribution in [0.3, 0.4) is 0 Å². The fourth-order valence-electron chi connectivity index (χ4n) is 1.91. The van der Waals surface area contributed by atoms with E-state index in [9.17, 15) is 4.57 Å². The number of thioether (sulfide) groups is 1. The molecule has 4 nitrogen and oxygen atoms in total. The van der Waals surface area contributed by atoms with E-state index < -0.39 is 13.4 Å². The van der Waals surface area contributed by atoms with E-state index in [1.54, 1.807) is 60.3 Å². The predicted octanol–water partition coefficient (Wildman–Crippen LogP) is 5.34. The normalized spacial score (nSPS) is 12.2. The van der Waals surface area contributed by atoms with E-state index in [0.717, 1.165) is 0 Å². The largest absolute Gasteiger partial charge is 0.512 e. The van der Waals surface area contributed by atoms with Crippen LogP contribution in [0.15, 0.2) is 60.7 Å². The number of rotatable bonds is 8. The maximum atomic E-state index is 13.3. The molecule has 0 aromatic heterocycles. The minimum atomic E-state index is -3.67. The second-order valence-electron chi connectivity index (χ2n) is 4.74. The van der Waals surface area contributed by atoms with Crippen molar-refractivity contribution in [3.63, 3.8) is 0 Å². The molecule has 0 saturated heterocycles. The van der Waals surface area contributed by atoms with Crippen LogP contribution in [0.2, 0.25) is 0 Å². The average molecular weight is 347 g/mol. The highest BCUT2D eigenvalue weighted by molar-refractivity contribution is 7.98. The first-order chi connectivity index (χ1) is 11.2. The predicted molar refractivity (Wildman–Crippen MR) is 95.1 cm³/mol. The highest BCUT2D eigenvalue weighted by Crippen LogP contribution is 2.54. The lowest BCUT2D eigenvalue weighted by Crippen LogP contribution is -2.14. The molecule has 0 fully saturated rings. The summed E-state index contributed by atoms with van der Waals surface area (Å²) in [5, 5.41) is 0. The van der Waals surface area contributed by atoms with Crippen molar-refractivity contribution in [3.05, 3.63) is 72.1 Å². The van der Waals surface area contributed by atoms with Crippen LogP contribution in [-0.2, 0) is 4.57 Å². The molecule has 0 amide bonds. The summed E-state index contributed by atoms with van der Waals surface area (Å²) in [6, 6.07) is 17.7. The third-order valence-corrected chi connectivity index (χ3v) is 5.72. The van der Waals surface area contributed by atoms with E-state index >= 15 is 0 Å². The van der Waals surface area contributed by atoms with Gasteiger partial charge < -0.3 is 9.05 Å². The lowest BCUT2D eigenvalue weighted by atomic mass is 10.3. The van der Waals surface area contributed by atoms with Gasteiger partial charge in [0.25, 0.3) is 0 Å². The van der Waals surface area contributed by atoms with Gasteiger partial charge in [0.15, 0.2) is 0 Å². The Morgan fingerprint density at radius 3 is 1.91 bits per heavy atom. The Balaban J connectivity index is 2.29. The van der Waals surface area contributed by atoms with Gasteiger partial charge in [-0.1, -0.05) is 36.4 Å². The molecule has 0 aliphatic carbocycles. The first kappa shape index (κ1) is 17.5. The van der Waals surface area contributed by atoms with Crippen LogP contribution in [0.4, 0.5) is 0 Å². The molecule has 0 aliphatic rings. The highest BCUT2D eigenvalue weighted by atomic mass is 32.2. The Morgan fingerprint density at radius 1 is 1.04 bits per heavy atom. The van der Waals surface area contributed by atoms with Crippen LogP contribution in [0.5, 0.6) is 11.5 Å². The van der Waals surface area contributed by atoms with E-state index in [1.165, 1.54) is 0 Å². The summed E-state index contributed by atoms with van der Waals surface area (Å²) in [7, 11) is -3.67. The Labute approximate surface area is 141 Å². The number of hydrogen-bond donors (Lipinski definition) is 0. The number of benzene rings is 2. The van der Waals surface area contributed by atoms with Crippen molar-refractivity contribution < 1.29 is 13.6 Å². The van der Waals surface area contributed by atoms with Crippen LogP contribution in [0, 0.1) is 6.57 Å². The summed E-state index contributed by atoms with van der Waals surface area (Å²) >= 11 is 1.60. The molecular formula is C17H18NO3PS. The molecule has 0 heterocycles. The molecule has 2 aromatic carbocycles. The Hall–Kier alpha value is -1.89. The van der Waals surface area contributed by atoms with Gasteiger partial charge in [0.1, 0.15) is 11.5 Å². The zero-order valence-corrected chi connectivity index (χ0v) is 14.5. The van der Waals surface area contributed by atoms with Gasteiger partial charge in [-0.05, 0) is 30.5 Å². The first-order valence-corrected chi connectivity index (χ1v) is 10.1. The number of para-hydroxylation sites is 2. The average Bonchev–Trinajstić information content (AvgIpc) is 2.57. The van der Waals surface area contributed by atoms with E-state index in [4.69, 9.17) is 15.6 Å². The van der Waals surface area contributed by atoms with Gasteiger partial charge in [0.2, 0.25) is 0 Å². The second kappa shape index (κ2) is 8.67. The maximum absolute atomic E-state index is 13.3. The lowest BCUT2D eigenvalue weighted by molar-refractivity contribution is 0.377. The third kappa shape index (κ3) is 5.06.